The number of halogens is 1. The molecule has 2 N–H and O–H groups in total. The normalized spacial score (nSPS) is 11.7. The van der Waals surface area contributed by atoms with Crippen molar-refractivity contribution in [3.63, 3.8) is 0 Å². The predicted molar refractivity (Wildman–Crippen MR) is 113 cm³/mol. The molecule has 150 valence electrons. The molecule has 0 saturated heterocycles. The molecule has 0 heterocycles. The molecule has 0 aromatic heterocycles. The molecule has 2 rings (SSSR count). The van der Waals surface area contributed by atoms with E-state index < -0.39 is 6.04 Å². The molecule has 6 nitrogen and oxygen atoms in total. The summed E-state index contributed by atoms with van der Waals surface area (Å²) in [5, 5.41) is 5.71. The number of ether oxygens (including phenoxy) is 2. The highest BCUT2D eigenvalue weighted by Gasteiger charge is 2.25. The summed E-state index contributed by atoms with van der Waals surface area (Å²) >= 11 is 3.41. The van der Waals surface area contributed by atoms with Gasteiger partial charge in [0.1, 0.15) is 17.5 Å². The maximum absolute atomic E-state index is 12.8. The lowest BCUT2D eigenvalue weighted by atomic mass is 10.0. The number of benzene rings is 2. The number of carbonyl (C=O) groups excluding carboxylic acids is 2. The van der Waals surface area contributed by atoms with Crippen molar-refractivity contribution in [2.75, 3.05) is 19.5 Å². The Balaban J connectivity index is 2.20. The maximum Gasteiger partial charge on any atom is 0.252 e. The fourth-order valence-corrected chi connectivity index (χ4v) is 3.15. The Morgan fingerprint density at radius 3 is 2.11 bits per heavy atom. The zero-order valence-corrected chi connectivity index (χ0v) is 18.2. The quantitative estimate of drug-likeness (QED) is 0.666. The van der Waals surface area contributed by atoms with E-state index in [9.17, 15) is 9.59 Å². The Morgan fingerprint density at radius 1 is 1.00 bits per heavy atom. The third-order valence-electron chi connectivity index (χ3n) is 4.30. The first kappa shape index (κ1) is 21.8. The second kappa shape index (κ2) is 9.59. The average molecular weight is 449 g/mol. The first-order chi connectivity index (χ1) is 13.2. The standard InChI is InChI=1S/C21H25BrN2O4/c1-12(2)19(21(26)23-18-7-6-15(22)8-13(18)3)24-20(25)14-9-16(27-4)11-17(10-14)28-5/h6-12,19H,1-5H3,(H,23,26)(H,24,25). The van der Waals surface area contributed by atoms with E-state index >= 15 is 0 Å². The Bertz CT molecular complexity index is 845. The molecule has 0 saturated carbocycles. The smallest absolute Gasteiger partial charge is 0.252 e. The van der Waals surface area contributed by atoms with Crippen LogP contribution in [0.3, 0.4) is 0 Å². The van der Waals surface area contributed by atoms with Crippen LogP contribution in [0.25, 0.3) is 0 Å². The molecule has 0 aliphatic carbocycles. The molecule has 2 aromatic carbocycles. The van der Waals surface area contributed by atoms with Crippen LogP contribution in [0.2, 0.25) is 0 Å². The van der Waals surface area contributed by atoms with Crippen molar-refractivity contribution in [2.24, 2.45) is 5.92 Å². The average Bonchev–Trinajstić information content (AvgIpc) is 2.67. The number of anilines is 1. The van der Waals surface area contributed by atoms with Gasteiger partial charge in [-0.15, -0.1) is 0 Å². The molecule has 1 atom stereocenters. The maximum atomic E-state index is 12.8. The number of rotatable bonds is 7. The number of aryl methyl sites for hydroxylation is 1. The summed E-state index contributed by atoms with van der Waals surface area (Å²) in [4.78, 5) is 25.6. The lowest BCUT2D eigenvalue weighted by molar-refractivity contribution is -0.118. The molecule has 1 unspecified atom stereocenters. The Labute approximate surface area is 173 Å². The van der Waals surface area contributed by atoms with Crippen molar-refractivity contribution in [1.82, 2.24) is 5.32 Å². The number of methoxy groups -OCH3 is 2. The van der Waals surface area contributed by atoms with Gasteiger partial charge in [0.25, 0.3) is 5.91 Å². The summed E-state index contributed by atoms with van der Waals surface area (Å²) < 4.78 is 11.3. The Kier molecular flexibility index (Phi) is 7.45. The van der Waals surface area contributed by atoms with Crippen LogP contribution in [0.5, 0.6) is 11.5 Å². The van der Waals surface area contributed by atoms with Gasteiger partial charge in [-0.3, -0.25) is 9.59 Å². The Hall–Kier alpha value is -2.54. The second-order valence-corrected chi connectivity index (χ2v) is 7.66. The van der Waals surface area contributed by atoms with Crippen LogP contribution >= 0.6 is 15.9 Å². The van der Waals surface area contributed by atoms with Gasteiger partial charge in [-0.25, -0.2) is 0 Å². The highest BCUT2D eigenvalue weighted by molar-refractivity contribution is 9.10. The first-order valence-electron chi connectivity index (χ1n) is 8.86. The van der Waals surface area contributed by atoms with Crippen LogP contribution in [0.4, 0.5) is 5.69 Å². The minimum atomic E-state index is -0.701. The van der Waals surface area contributed by atoms with Crippen LogP contribution in [-0.2, 0) is 4.79 Å². The number of carbonyl (C=O) groups is 2. The largest absolute Gasteiger partial charge is 0.497 e. The van der Waals surface area contributed by atoms with Gasteiger partial charge in [0, 0.05) is 21.8 Å². The van der Waals surface area contributed by atoms with Crippen LogP contribution in [0.15, 0.2) is 40.9 Å². The molecule has 0 aliphatic heterocycles. The number of hydrogen-bond acceptors (Lipinski definition) is 4. The van der Waals surface area contributed by atoms with E-state index in [0.717, 1.165) is 10.0 Å². The Morgan fingerprint density at radius 2 is 1.61 bits per heavy atom. The number of amides is 2. The highest BCUT2D eigenvalue weighted by Crippen LogP contribution is 2.23. The molecule has 0 radical (unpaired) electrons. The molecule has 7 heteroatoms. The summed E-state index contributed by atoms with van der Waals surface area (Å²) in [6, 6.07) is 9.78. The fourth-order valence-electron chi connectivity index (χ4n) is 2.68. The lowest BCUT2D eigenvalue weighted by Gasteiger charge is -2.22. The minimum absolute atomic E-state index is 0.104. The molecular weight excluding hydrogens is 424 g/mol. The molecule has 0 aliphatic rings. The fraction of sp³-hybridized carbons (Fsp3) is 0.333. The highest BCUT2D eigenvalue weighted by atomic mass is 79.9. The molecule has 2 aromatic rings. The molecule has 0 bridgehead atoms. The summed E-state index contributed by atoms with van der Waals surface area (Å²) in [5.74, 6) is 0.246. The number of hydrogen-bond donors (Lipinski definition) is 2. The van der Waals surface area contributed by atoms with Gasteiger partial charge >= 0.3 is 0 Å². The minimum Gasteiger partial charge on any atom is -0.497 e. The van der Waals surface area contributed by atoms with Crippen molar-refractivity contribution in [2.45, 2.75) is 26.8 Å². The molecular formula is C21H25BrN2O4. The topological polar surface area (TPSA) is 76.7 Å². The van der Waals surface area contributed by atoms with Crippen molar-refractivity contribution in [3.8, 4) is 11.5 Å². The van der Waals surface area contributed by atoms with Crippen molar-refractivity contribution < 1.29 is 19.1 Å². The zero-order valence-electron chi connectivity index (χ0n) is 16.6. The summed E-state index contributed by atoms with van der Waals surface area (Å²) in [7, 11) is 3.03. The van der Waals surface area contributed by atoms with Crippen molar-refractivity contribution in [3.05, 3.63) is 52.0 Å². The van der Waals surface area contributed by atoms with Crippen LogP contribution in [0, 0.1) is 12.8 Å². The van der Waals surface area contributed by atoms with E-state index in [0.29, 0.717) is 22.7 Å². The lowest BCUT2D eigenvalue weighted by Crippen LogP contribution is -2.47. The van der Waals surface area contributed by atoms with Gasteiger partial charge in [0.2, 0.25) is 5.91 Å². The van der Waals surface area contributed by atoms with E-state index in [-0.39, 0.29) is 17.7 Å². The summed E-state index contributed by atoms with van der Waals surface area (Å²) in [5.41, 5.74) is 1.99. The van der Waals surface area contributed by atoms with E-state index in [1.807, 2.05) is 39.0 Å². The van der Waals surface area contributed by atoms with Gasteiger partial charge in [0.05, 0.1) is 14.2 Å². The third-order valence-corrected chi connectivity index (χ3v) is 4.79. The van der Waals surface area contributed by atoms with E-state index in [4.69, 9.17) is 9.47 Å². The van der Waals surface area contributed by atoms with Crippen LogP contribution in [0.1, 0.15) is 29.8 Å². The zero-order chi connectivity index (χ0) is 20.8. The second-order valence-electron chi connectivity index (χ2n) is 6.74. The van der Waals surface area contributed by atoms with Gasteiger partial charge in [0.15, 0.2) is 0 Å². The van der Waals surface area contributed by atoms with E-state index in [2.05, 4.69) is 26.6 Å². The predicted octanol–water partition coefficient (Wildman–Crippen LogP) is 4.17. The first-order valence-corrected chi connectivity index (χ1v) is 9.65. The van der Waals surface area contributed by atoms with Gasteiger partial charge in [-0.1, -0.05) is 29.8 Å². The summed E-state index contributed by atoms with van der Waals surface area (Å²) in [6.45, 7) is 5.67. The summed E-state index contributed by atoms with van der Waals surface area (Å²) in [6.07, 6.45) is 0. The third kappa shape index (κ3) is 5.48. The SMILES string of the molecule is COc1cc(OC)cc(C(=O)NC(C(=O)Nc2ccc(Br)cc2C)C(C)C)c1. The van der Waals surface area contributed by atoms with Gasteiger partial charge < -0.3 is 20.1 Å². The van der Waals surface area contributed by atoms with Crippen molar-refractivity contribution >= 4 is 33.4 Å². The van der Waals surface area contributed by atoms with Crippen LogP contribution < -0.4 is 20.1 Å². The van der Waals surface area contributed by atoms with E-state index in [1.54, 1.807) is 18.2 Å². The molecule has 0 fully saturated rings. The van der Waals surface area contributed by atoms with Gasteiger partial charge in [-0.2, -0.15) is 0 Å². The van der Waals surface area contributed by atoms with Crippen molar-refractivity contribution in [1.29, 1.82) is 0 Å². The molecule has 0 spiro atoms. The van der Waals surface area contributed by atoms with E-state index in [1.165, 1.54) is 14.2 Å². The monoisotopic (exact) mass is 448 g/mol. The van der Waals surface area contributed by atoms with Gasteiger partial charge in [-0.05, 0) is 48.7 Å². The molecule has 28 heavy (non-hydrogen) atoms. The number of nitrogens with one attached hydrogen (secondary N) is 2. The molecule has 2 amide bonds. The van der Waals surface area contributed by atoms with Crippen LogP contribution in [-0.4, -0.2) is 32.1 Å².